The molecule has 2 saturated carbocycles. The van der Waals surface area contributed by atoms with Crippen molar-refractivity contribution in [2.24, 2.45) is 5.92 Å². The highest BCUT2D eigenvalue weighted by Crippen LogP contribution is 2.62. The van der Waals surface area contributed by atoms with Crippen LogP contribution in [0.1, 0.15) is 43.6 Å². The molecule has 3 nitrogen and oxygen atoms in total. The summed E-state index contributed by atoms with van der Waals surface area (Å²) in [7, 11) is 0. The molecule has 1 aliphatic heterocycles. The second kappa shape index (κ2) is 4.32. The molecule has 3 fully saturated rings. The topological polar surface area (TPSA) is 40.5 Å². The van der Waals surface area contributed by atoms with Crippen LogP contribution in [0.3, 0.4) is 0 Å². The Kier molecular flexibility index (Phi) is 2.68. The molecule has 0 unspecified atom stereocenters. The molecular weight excluding hydrogens is 250 g/mol. The van der Waals surface area contributed by atoms with Crippen molar-refractivity contribution in [3.8, 4) is 0 Å². The van der Waals surface area contributed by atoms with E-state index >= 15 is 0 Å². The molecule has 0 spiro atoms. The van der Waals surface area contributed by atoms with E-state index in [9.17, 15) is 9.90 Å². The van der Waals surface area contributed by atoms with E-state index in [1.165, 1.54) is 19.3 Å². The highest BCUT2D eigenvalue weighted by molar-refractivity contribution is 5.94. The lowest BCUT2D eigenvalue weighted by molar-refractivity contribution is -0.141. The molecule has 3 atom stereocenters. The van der Waals surface area contributed by atoms with Gasteiger partial charge in [0, 0.05) is 24.4 Å². The zero-order chi connectivity index (χ0) is 13.7. The Bertz CT molecular complexity index is 523. The highest BCUT2D eigenvalue weighted by atomic mass is 16.3. The van der Waals surface area contributed by atoms with E-state index in [0.29, 0.717) is 6.04 Å². The summed E-state index contributed by atoms with van der Waals surface area (Å²) in [4.78, 5) is 14.6. The van der Waals surface area contributed by atoms with Gasteiger partial charge in [0.25, 0.3) is 5.91 Å². The maximum absolute atomic E-state index is 12.6. The summed E-state index contributed by atoms with van der Waals surface area (Å²) in [6, 6.07) is 10.4. The third kappa shape index (κ3) is 1.59. The minimum Gasteiger partial charge on any atom is -0.379 e. The van der Waals surface area contributed by atoms with Gasteiger partial charge >= 0.3 is 0 Å². The van der Waals surface area contributed by atoms with Gasteiger partial charge in [-0.2, -0.15) is 0 Å². The second-order valence-electron chi connectivity index (χ2n) is 6.57. The Balaban J connectivity index is 1.53. The van der Waals surface area contributed by atoms with Gasteiger partial charge in [-0.3, -0.25) is 4.79 Å². The number of aliphatic hydroxyl groups is 1. The van der Waals surface area contributed by atoms with Gasteiger partial charge in [-0.25, -0.2) is 0 Å². The first-order valence-electron chi connectivity index (χ1n) is 7.81. The number of benzene rings is 1. The molecule has 20 heavy (non-hydrogen) atoms. The van der Waals surface area contributed by atoms with Crippen molar-refractivity contribution >= 4 is 5.91 Å². The maximum Gasteiger partial charge on any atom is 0.255 e. The zero-order valence-electron chi connectivity index (χ0n) is 11.7. The third-order valence-corrected chi connectivity index (χ3v) is 5.50. The first-order chi connectivity index (χ1) is 9.73. The van der Waals surface area contributed by atoms with Crippen LogP contribution in [0.15, 0.2) is 30.3 Å². The number of hydrogen-bond acceptors (Lipinski definition) is 2. The molecule has 1 amide bonds. The van der Waals surface area contributed by atoms with Crippen LogP contribution in [0.5, 0.6) is 0 Å². The van der Waals surface area contributed by atoms with Crippen LogP contribution >= 0.6 is 0 Å². The number of likely N-dealkylation sites (tertiary alicyclic amines) is 1. The quantitative estimate of drug-likeness (QED) is 0.896. The van der Waals surface area contributed by atoms with Crippen molar-refractivity contribution in [3.05, 3.63) is 35.9 Å². The molecule has 0 bridgehead atoms. The molecular formula is C17H21NO2. The minimum atomic E-state index is -1.10. The Hall–Kier alpha value is -1.35. The largest absolute Gasteiger partial charge is 0.379 e. The van der Waals surface area contributed by atoms with Gasteiger partial charge in [0.2, 0.25) is 0 Å². The predicted octanol–water partition coefficient (Wildman–Crippen LogP) is 2.31. The summed E-state index contributed by atoms with van der Waals surface area (Å²) in [5.74, 6) is 0.124. The molecule has 1 saturated heterocycles. The summed E-state index contributed by atoms with van der Waals surface area (Å²) in [6.07, 6.45) is 5.97. The van der Waals surface area contributed by atoms with Gasteiger partial charge in [0.05, 0.1) is 0 Å². The second-order valence-corrected chi connectivity index (χ2v) is 6.57. The van der Waals surface area contributed by atoms with Crippen LogP contribution < -0.4 is 0 Å². The first kappa shape index (κ1) is 12.4. The van der Waals surface area contributed by atoms with Crippen LogP contribution in [-0.2, 0) is 4.79 Å². The molecule has 0 radical (unpaired) electrons. The van der Waals surface area contributed by atoms with Crippen molar-refractivity contribution in [1.82, 2.24) is 4.90 Å². The molecule has 1 aromatic rings. The highest BCUT2D eigenvalue weighted by Gasteiger charge is 2.75. The molecule has 3 aliphatic rings. The fraction of sp³-hybridized carbons (Fsp3) is 0.588. The number of piperidine rings is 1. The third-order valence-electron chi connectivity index (χ3n) is 5.50. The van der Waals surface area contributed by atoms with Gasteiger partial charge in [0.15, 0.2) is 5.60 Å². The molecule has 1 aromatic carbocycles. The van der Waals surface area contributed by atoms with Crippen LogP contribution in [0, 0.1) is 5.92 Å². The molecule has 4 rings (SSSR count). The summed E-state index contributed by atoms with van der Waals surface area (Å²) in [6.45, 7) is 0.750. The predicted molar refractivity (Wildman–Crippen MR) is 76.2 cm³/mol. The SMILES string of the molecule is O=C1N(C2CCCCC2)C[C@@H]2[C@@H](c3ccccc3)[C@@]12O. The van der Waals surface area contributed by atoms with Crippen molar-refractivity contribution in [2.45, 2.75) is 49.7 Å². The number of nitrogens with zero attached hydrogens (tertiary/aromatic N) is 1. The van der Waals surface area contributed by atoms with Gasteiger partial charge in [-0.15, -0.1) is 0 Å². The summed E-state index contributed by atoms with van der Waals surface area (Å²) < 4.78 is 0. The summed E-state index contributed by atoms with van der Waals surface area (Å²) >= 11 is 0. The lowest BCUT2D eigenvalue weighted by Crippen LogP contribution is -2.44. The summed E-state index contributed by atoms with van der Waals surface area (Å²) in [5, 5.41) is 10.8. The smallest absolute Gasteiger partial charge is 0.255 e. The Morgan fingerprint density at radius 1 is 1.10 bits per heavy atom. The van der Waals surface area contributed by atoms with Crippen LogP contribution in [0.4, 0.5) is 0 Å². The first-order valence-corrected chi connectivity index (χ1v) is 7.81. The van der Waals surface area contributed by atoms with Crippen molar-refractivity contribution in [3.63, 3.8) is 0 Å². The molecule has 1 heterocycles. The molecule has 0 aromatic heterocycles. The average molecular weight is 271 g/mol. The minimum absolute atomic E-state index is 0.0109. The molecule has 2 aliphatic carbocycles. The van der Waals surface area contributed by atoms with E-state index in [4.69, 9.17) is 0 Å². The van der Waals surface area contributed by atoms with Crippen LogP contribution in [0.25, 0.3) is 0 Å². The maximum atomic E-state index is 12.6. The monoisotopic (exact) mass is 271 g/mol. The number of rotatable bonds is 2. The van der Waals surface area contributed by atoms with Crippen molar-refractivity contribution < 1.29 is 9.90 Å². The van der Waals surface area contributed by atoms with Crippen LogP contribution in [0.2, 0.25) is 0 Å². The van der Waals surface area contributed by atoms with Gasteiger partial charge < -0.3 is 10.0 Å². The normalized spacial score (nSPS) is 37.0. The summed E-state index contributed by atoms with van der Waals surface area (Å²) in [5.41, 5.74) is 0.00959. The Morgan fingerprint density at radius 3 is 2.40 bits per heavy atom. The Morgan fingerprint density at radius 2 is 1.80 bits per heavy atom. The molecule has 1 N–H and O–H groups in total. The van der Waals surface area contributed by atoms with Crippen molar-refractivity contribution in [2.75, 3.05) is 6.54 Å². The van der Waals surface area contributed by atoms with E-state index in [1.807, 2.05) is 35.2 Å². The number of hydrogen-bond donors (Lipinski definition) is 1. The number of amides is 1. The standard InChI is InChI=1S/C17H21NO2/c19-16-17(20)14(15(17)12-7-3-1-4-8-12)11-18(16)13-9-5-2-6-10-13/h1,3-4,7-8,13-15,20H,2,5-6,9-11H2/t14-,15-,17-/m1/s1. The van der Waals surface area contributed by atoms with Gasteiger partial charge in [0.1, 0.15) is 0 Å². The number of carbonyl (C=O) groups excluding carboxylic acids is 1. The van der Waals surface area contributed by atoms with E-state index in [0.717, 1.165) is 24.9 Å². The fourth-order valence-electron chi connectivity index (χ4n) is 4.36. The number of fused-ring (bicyclic) bond motifs is 1. The van der Waals surface area contributed by atoms with Gasteiger partial charge in [-0.1, -0.05) is 49.6 Å². The van der Waals surface area contributed by atoms with Crippen LogP contribution in [-0.4, -0.2) is 34.1 Å². The lowest BCUT2D eigenvalue weighted by atomic mass is 9.93. The van der Waals surface area contributed by atoms with E-state index < -0.39 is 5.60 Å². The van der Waals surface area contributed by atoms with Gasteiger partial charge in [-0.05, 0) is 18.4 Å². The lowest BCUT2D eigenvalue weighted by Gasteiger charge is -2.33. The number of carbonyl (C=O) groups is 1. The van der Waals surface area contributed by atoms with E-state index in [2.05, 4.69) is 0 Å². The average Bonchev–Trinajstić information content (AvgIpc) is 3.02. The molecule has 106 valence electrons. The van der Waals surface area contributed by atoms with E-state index in [1.54, 1.807) is 0 Å². The van der Waals surface area contributed by atoms with E-state index in [-0.39, 0.29) is 17.7 Å². The van der Waals surface area contributed by atoms with Crippen molar-refractivity contribution in [1.29, 1.82) is 0 Å². The Labute approximate surface area is 119 Å². The molecule has 3 heteroatoms. The zero-order valence-corrected chi connectivity index (χ0v) is 11.7. The fourth-order valence-corrected chi connectivity index (χ4v) is 4.36.